The molecule has 152 valence electrons. The molecular formula is C26H18Br2N2O. The third kappa shape index (κ3) is 3.80. The van der Waals surface area contributed by atoms with Crippen LogP contribution < -0.4 is 0 Å². The highest BCUT2D eigenvalue weighted by atomic mass is 79.9. The second kappa shape index (κ2) is 8.33. The van der Waals surface area contributed by atoms with Crippen molar-refractivity contribution in [1.82, 2.24) is 9.55 Å². The molecule has 1 aromatic heterocycles. The lowest BCUT2D eigenvalue weighted by Gasteiger charge is -2.24. The topological polar surface area (TPSA) is 38.0 Å². The molecule has 1 atom stereocenters. The van der Waals surface area contributed by atoms with Crippen LogP contribution in [0.15, 0.2) is 106 Å². The third-order valence-electron chi connectivity index (χ3n) is 5.36. The lowest BCUT2D eigenvalue weighted by Crippen LogP contribution is -2.14. The Morgan fingerprint density at radius 2 is 1.42 bits per heavy atom. The van der Waals surface area contributed by atoms with E-state index in [0.717, 1.165) is 42.5 Å². The van der Waals surface area contributed by atoms with Gasteiger partial charge in [-0.25, -0.2) is 4.98 Å². The molecule has 4 aromatic carbocycles. The number of aromatic nitrogens is 2. The van der Waals surface area contributed by atoms with Gasteiger partial charge < -0.3 is 9.67 Å². The fourth-order valence-electron chi connectivity index (χ4n) is 3.96. The zero-order valence-electron chi connectivity index (χ0n) is 16.4. The van der Waals surface area contributed by atoms with Gasteiger partial charge in [-0.3, -0.25) is 0 Å². The first-order valence-electron chi connectivity index (χ1n) is 9.88. The minimum atomic E-state index is -0.259. The summed E-state index contributed by atoms with van der Waals surface area (Å²) in [6.45, 7) is 0. The first-order valence-corrected chi connectivity index (χ1v) is 11.5. The molecular weight excluding hydrogens is 516 g/mol. The predicted molar refractivity (Wildman–Crippen MR) is 132 cm³/mol. The van der Waals surface area contributed by atoms with Crippen LogP contribution in [0.25, 0.3) is 22.4 Å². The molecule has 31 heavy (non-hydrogen) atoms. The first-order chi connectivity index (χ1) is 15.1. The predicted octanol–water partition coefficient (Wildman–Crippen LogP) is 7.57. The van der Waals surface area contributed by atoms with E-state index in [-0.39, 0.29) is 11.8 Å². The number of hydrogen-bond donors (Lipinski definition) is 1. The molecule has 0 saturated heterocycles. The summed E-state index contributed by atoms with van der Waals surface area (Å²) in [4.78, 5) is 4.99. The van der Waals surface area contributed by atoms with Crippen molar-refractivity contribution in [1.29, 1.82) is 0 Å². The summed E-state index contributed by atoms with van der Waals surface area (Å²) in [6, 6.07) is 31.8. The molecule has 0 aliphatic heterocycles. The van der Waals surface area contributed by atoms with Crippen molar-refractivity contribution in [2.24, 2.45) is 0 Å². The average Bonchev–Trinajstić information content (AvgIpc) is 3.17. The SMILES string of the molecule is Oc1ccc(Br)cc1C(c1ccccc1)n1c(-c2ccc(Br)cc2)nc2ccccc21. The quantitative estimate of drug-likeness (QED) is 0.258. The van der Waals surface area contributed by atoms with Gasteiger partial charge in [0.1, 0.15) is 11.6 Å². The maximum absolute atomic E-state index is 10.9. The van der Waals surface area contributed by atoms with Gasteiger partial charge in [0.2, 0.25) is 0 Å². The minimum Gasteiger partial charge on any atom is -0.508 e. The summed E-state index contributed by atoms with van der Waals surface area (Å²) in [5.41, 5.74) is 4.80. The van der Waals surface area contributed by atoms with Crippen molar-refractivity contribution in [3.63, 3.8) is 0 Å². The van der Waals surface area contributed by atoms with Crippen molar-refractivity contribution < 1.29 is 5.11 Å². The van der Waals surface area contributed by atoms with Crippen molar-refractivity contribution in [2.45, 2.75) is 6.04 Å². The second-order valence-corrected chi connectivity index (χ2v) is 9.15. The van der Waals surface area contributed by atoms with Crippen molar-refractivity contribution in [3.8, 4) is 17.1 Å². The number of aromatic hydroxyl groups is 1. The van der Waals surface area contributed by atoms with Gasteiger partial charge in [0.25, 0.3) is 0 Å². The van der Waals surface area contributed by atoms with E-state index in [0.29, 0.717) is 0 Å². The van der Waals surface area contributed by atoms with E-state index >= 15 is 0 Å². The van der Waals surface area contributed by atoms with Crippen molar-refractivity contribution in [2.75, 3.05) is 0 Å². The molecule has 0 amide bonds. The van der Waals surface area contributed by atoms with E-state index in [1.54, 1.807) is 6.07 Å². The number of rotatable bonds is 4. The van der Waals surface area contributed by atoms with Gasteiger partial charge in [0, 0.05) is 20.1 Å². The molecule has 0 spiro atoms. The van der Waals surface area contributed by atoms with Gasteiger partial charge in [-0.1, -0.05) is 86.5 Å². The molecule has 5 heteroatoms. The van der Waals surface area contributed by atoms with E-state index in [2.05, 4.69) is 66.8 Å². The van der Waals surface area contributed by atoms with Crippen LogP contribution in [-0.2, 0) is 0 Å². The van der Waals surface area contributed by atoms with E-state index in [4.69, 9.17) is 4.98 Å². The largest absolute Gasteiger partial charge is 0.508 e. The van der Waals surface area contributed by atoms with Crippen LogP contribution >= 0.6 is 31.9 Å². The number of fused-ring (bicyclic) bond motifs is 1. The van der Waals surface area contributed by atoms with Crippen LogP contribution in [0.1, 0.15) is 17.2 Å². The van der Waals surface area contributed by atoms with Crippen LogP contribution in [-0.4, -0.2) is 14.7 Å². The molecule has 5 aromatic rings. The normalized spacial score (nSPS) is 12.2. The second-order valence-electron chi connectivity index (χ2n) is 7.32. The van der Waals surface area contributed by atoms with E-state index in [9.17, 15) is 5.11 Å². The zero-order valence-corrected chi connectivity index (χ0v) is 19.6. The van der Waals surface area contributed by atoms with Gasteiger partial charge >= 0.3 is 0 Å². The third-order valence-corrected chi connectivity index (χ3v) is 6.38. The Bertz CT molecular complexity index is 1360. The highest BCUT2D eigenvalue weighted by molar-refractivity contribution is 9.10. The van der Waals surface area contributed by atoms with E-state index in [1.165, 1.54) is 0 Å². The Kier molecular flexibility index (Phi) is 5.38. The Morgan fingerprint density at radius 3 is 2.19 bits per heavy atom. The number of phenolic OH excluding ortho intramolecular Hbond substituents is 1. The molecule has 0 radical (unpaired) electrons. The zero-order chi connectivity index (χ0) is 21.4. The summed E-state index contributed by atoms with van der Waals surface area (Å²) in [5, 5.41) is 10.9. The van der Waals surface area contributed by atoms with Gasteiger partial charge in [0.15, 0.2) is 0 Å². The van der Waals surface area contributed by atoms with E-state index < -0.39 is 0 Å². The van der Waals surface area contributed by atoms with Crippen LogP contribution in [0, 0.1) is 0 Å². The highest BCUT2D eigenvalue weighted by Gasteiger charge is 2.25. The smallest absolute Gasteiger partial charge is 0.141 e. The molecule has 3 nitrogen and oxygen atoms in total. The van der Waals surface area contributed by atoms with E-state index in [1.807, 2.05) is 60.7 Å². The van der Waals surface area contributed by atoms with Crippen molar-refractivity contribution >= 4 is 42.9 Å². The first kappa shape index (κ1) is 20.0. The van der Waals surface area contributed by atoms with Crippen LogP contribution in [0.3, 0.4) is 0 Å². The van der Waals surface area contributed by atoms with Gasteiger partial charge in [0.05, 0.1) is 17.1 Å². The highest BCUT2D eigenvalue weighted by Crippen LogP contribution is 2.39. The van der Waals surface area contributed by atoms with Crippen LogP contribution in [0.4, 0.5) is 0 Å². The number of halogens is 2. The standard InChI is InChI=1S/C26H18Br2N2O/c27-19-12-10-18(11-13-19)26-29-22-8-4-5-9-23(22)30(26)25(17-6-2-1-3-7-17)21-16-20(28)14-15-24(21)31/h1-16,25,31H. The number of nitrogens with zero attached hydrogens (tertiary/aromatic N) is 2. The lowest BCUT2D eigenvalue weighted by molar-refractivity contribution is 0.461. The van der Waals surface area contributed by atoms with Gasteiger partial charge in [-0.15, -0.1) is 0 Å². The maximum Gasteiger partial charge on any atom is 0.141 e. The Morgan fingerprint density at radius 1 is 0.742 bits per heavy atom. The molecule has 1 heterocycles. The van der Waals surface area contributed by atoms with Crippen molar-refractivity contribution in [3.05, 3.63) is 117 Å². The van der Waals surface area contributed by atoms with Crippen LogP contribution in [0.2, 0.25) is 0 Å². The molecule has 1 unspecified atom stereocenters. The Balaban J connectivity index is 1.86. The summed E-state index contributed by atoms with van der Waals surface area (Å²) in [7, 11) is 0. The molecule has 0 fully saturated rings. The number of benzene rings is 4. The fourth-order valence-corrected chi connectivity index (χ4v) is 4.60. The Hall–Kier alpha value is -2.89. The minimum absolute atomic E-state index is 0.247. The summed E-state index contributed by atoms with van der Waals surface area (Å²) in [6.07, 6.45) is 0. The summed E-state index contributed by atoms with van der Waals surface area (Å²) in [5.74, 6) is 1.10. The number of hydrogen-bond acceptors (Lipinski definition) is 2. The molecule has 0 saturated carbocycles. The molecule has 0 bridgehead atoms. The monoisotopic (exact) mass is 532 g/mol. The summed E-state index contributed by atoms with van der Waals surface area (Å²) < 4.78 is 4.15. The fraction of sp³-hybridized carbons (Fsp3) is 0.0385. The molecule has 5 rings (SSSR count). The van der Waals surface area contributed by atoms with Crippen LogP contribution in [0.5, 0.6) is 5.75 Å². The number of phenols is 1. The molecule has 1 N–H and O–H groups in total. The maximum atomic E-state index is 10.9. The number of para-hydroxylation sites is 2. The average molecular weight is 534 g/mol. The lowest BCUT2D eigenvalue weighted by atomic mass is 9.96. The molecule has 0 aliphatic rings. The summed E-state index contributed by atoms with van der Waals surface area (Å²) >= 11 is 7.11. The van der Waals surface area contributed by atoms with Gasteiger partial charge in [-0.05, 0) is 48.0 Å². The van der Waals surface area contributed by atoms with Gasteiger partial charge in [-0.2, -0.15) is 0 Å². The number of imidazole rings is 1. The Labute approximate surface area is 197 Å². The molecule has 0 aliphatic carbocycles.